The van der Waals surface area contributed by atoms with Crippen molar-refractivity contribution >= 4 is 11.6 Å². The second-order valence-corrected chi connectivity index (χ2v) is 5.25. The lowest BCUT2D eigenvalue weighted by molar-refractivity contribution is 0.433. The van der Waals surface area contributed by atoms with E-state index < -0.39 is 23.5 Å². The second-order valence-electron chi connectivity index (χ2n) is 4.82. The van der Waals surface area contributed by atoms with Gasteiger partial charge in [0.2, 0.25) is 0 Å². The molecule has 0 heterocycles. The Kier molecular flexibility index (Phi) is 4.91. The van der Waals surface area contributed by atoms with Gasteiger partial charge in [0.05, 0.1) is 6.04 Å². The highest BCUT2D eigenvalue weighted by Gasteiger charge is 2.22. The zero-order valence-electron chi connectivity index (χ0n) is 11.7. The molecule has 0 radical (unpaired) electrons. The average Bonchev–Trinajstić information content (AvgIpc) is 2.42. The molecular formula is C16H15ClF3N. The Balaban J connectivity index is 2.56. The van der Waals surface area contributed by atoms with Gasteiger partial charge in [0, 0.05) is 10.6 Å². The van der Waals surface area contributed by atoms with Crippen LogP contribution in [0.1, 0.15) is 29.7 Å². The summed E-state index contributed by atoms with van der Waals surface area (Å²) in [6.07, 6.45) is 0. The molecule has 1 nitrogen and oxygen atoms in total. The standard InChI is InChI=1S/C16H15ClF3N/c1-3-21-16(10-6-9(2)7-11(17)8-10)12-4-5-13(18)15(20)14(12)19/h4-8,16,21H,3H2,1-2H3. The maximum absolute atomic E-state index is 14.0. The molecule has 0 saturated heterocycles. The lowest BCUT2D eigenvalue weighted by atomic mass is 9.96. The molecule has 1 N–H and O–H groups in total. The summed E-state index contributed by atoms with van der Waals surface area (Å²) >= 11 is 6.02. The Bertz CT molecular complexity index is 638. The molecule has 0 aliphatic rings. The minimum Gasteiger partial charge on any atom is -0.306 e. The van der Waals surface area contributed by atoms with Gasteiger partial charge in [0.15, 0.2) is 17.5 Å². The van der Waals surface area contributed by atoms with Gasteiger partial charge in [-0.1, -0.05) is 30.7 Å². The highest BCUT2D eigenvalue weighted by Crippen LogP contribution is 2.29. The van der Waals surface area contributed by atoms with Crippen LogP contribution >= 0.6 is 11.6 Å². The molecule has 0 spiro atoms. The molecule has 0 amide bonds. The fourth-order valence-corrected chi connectivity index (χ4v) is 2.60. The molecule has 0 aliphatic heterocycles. The summed E-state index contributed by atoms with van der Waals surface area (Å²) in [6, 6.07) is 6.87. The molecular weight excluding hydrogens is 299 g/mol. The molecule has 1 unspecified atom stereocenters. The summed E-state index contributed by atoms with van der Waals surface area (Å²) in [4.78, 5) is 0. The largest absolute Gasteiger partial charge is 0.306 e. The lowest BCUT2D eigenvalue weighted by Gasteiger charge is -2.20. The maximum Gasteiger partial charge on any atom is 0.194 e. The first-order valence-corrected chi connectivity index (χ1v) is 6.95. The molecule has 0 aliphatic carbocycles. The third-order valence-electron chi connectivity index (χ3n) is 3.18. The summed E-state index contributed by atoms with van der Waals surface area (Å²) in [5.74, 6) is -3.85. The van der Waals surface area contributed by atoms with Crippen LogP contribution in [0.5, 0.6) is 0 Å². The maximum atomic E-state index is 14.0. The molecule has 0 fully saturated rings. The number of nitrogens with one attached hydrogen (secondary N) is 1. The van der Waals surface area contributed by atoms with Crippen molar-refractivity contribution in [1.82, 2.24) is 5.32 Å². The van der Waals surface area contributed by atoms with Crippen molar-refractivity contribution in [1.29, 1.82) is 0 Å². The van der Waals surface area contributed by atoms with Gasteiger partial charge >= 0.3 is 0 Å². The quantitative estimate of drug-likeness (QED) is 0.802. The van der Waals surface area contributed by atoms with E-state index in [1.165, 1.54) is 6.07 Å². The van der Waals surface area contributed by atoms with Gasteiger partial charge in [-0.25, -0.2) is 13.2 Å². The van der Waals surface area contributed by atoms with Crippen LogP contribution in [0, 0.1) is 24.4 Å². The van der Waals surface area contributed by atoms with E-state index in [0.29, 0.717) is 17.1 Å². The minimum absolute atomic E-state index is 0.0532. The van der Waals surface area contributed by atoms with Gasteiger partial charge in [0.25, 0.3) is 0 Å². The van der Waals surface area contributed by atoms with Crippen molar-refractivity contribution in [2.45, 2.75) is 19.9 Å². The Morgan fingerprint density at radius 1 is 1.10 bits per heavy atom. The Hall–Kier alpha value is -1.52. The average molecular weight is 314 g/mol. The van der Waals surface area contributed by atoms with E-state index in [1.807, 2.05) is 19.9 Å². The predicted octanol–water partition coefficient (Wildman–Crippen LogP) is 4.76. The summed E-state index contributed by atoms with van der Waals surface area (Å²) in [5, 5.41) is 3.58. The molecule has 5 heteroatoms. The van der Waals surface area contributed by atoms with E-state index in [2.05, 4.69) is 5.32 Å². The molecule has 112 valence electrons. The molecule has 21 heavy (non-hydrogen) atoms. The van der Waals surface area contributed by atoms with Crippen LogP contribution in [0.3, 0.4) is 0 Å². The molecule has 2 aromatic rings. The zero-order chi connectivity index (χ0) is 15.6. The minimum atomic E-state index is -1.46. The Morgan fingerprint density at radius 3 is 2.43 bits per heavy atom. The number of halogens is 4. The van der Waals surface area contributed by atoms with Gasteiger partial charge in [-0.15, -0.1) is 0 Å². The van der Waals surface area contributed by atoms with Gasteiger partial charge < -0.3 is 5.32 Å². The summed E-state index contributed by atoms with van der Waals surface area (Å²) in [6.45, 7) is 4.25. The molecule has 2 rings (SSSR count). The van der Waals surface area contributed by atoms with E-state index in [4.69, 9.17) is 11.6 Å². The molecule has 0 saturated carbocycles. The Labute approximate surface area is 126 Å². The zero-order valence-corrected chi connectivity index (χ0v) is 12.4. The molecule has 0 bridgehead atoms. The molecule has 0 aromatic heterocycles. The number of aryl methyl sites for hydroxylation is 1. The molecule has 2 aromatic carbocycles. The Morgan fingerprint density at radius 2 is 1.81 bits per heavy atom. The van der Waals surface area contributed by atoms with Crippen molar-refractivity contribution in [2.24, 2.45) is 0 Å². The van der Waals surface area contributed by atoms with Crippen LogP contribution in [-0.2, 0) is 0 Å². The number of hydrogen-bond donors (Lipinski definition) is 1. The topological polar surface area (TPSA) is 12.0 Å². The summed E-state index contributed by atoms with van der Waals surface area (Å²) in [5.41, 5.74) is 1.66. The predicted molar refractivity (Wildman–Crippen MR) is 78.0 cm³/mol. The number of rotatable bonds is 4. The van der Waals surface area contributed by atoms with Crippen LogP contribution in [0.15, 0.2) is 30.3 Å². The van der Waals surface area contributed by atoms with Crippen LogP contribution < -0.4 is 5.32 Å². The highest BCUT2D eigenvalue weighted by atomic mass is 35.5. The lowest BCUT2D eigenvalue weighted by Crippen LogP contribution is -2.23. The van der Waals surface area contributed by atoms with E-state index in [9.17, 15) is 13.2 Å². The first-order valence-electron chi connectivity index (χ1n) is 6.58. The normalized spacial score (nSPS) is 12.5. The van der Waals surface area contributed by atoms with Crippen LogP contribution in [-0.4, -0.2) is 6.54 Å². The van der Waals surface area contributed by atoms with Gasteiger partial charge in [-0.05, 0) is 42.8 Å². The monoisotopic (exact) mass is 313 g/mol. The highest BCUT2D eigenvalue weighted by molar-refractivity contribution is 6.30. The van der Waals surface area contributed by atoms with Crippen molar-refractivity contribution < 1.29 is 13.2 Å². The summed E-state index contributed by atoms with van der Waals surface area (Å²) < 4.78 is 40.6. The van der Waals surface area contributed by atoms with Crippen LogP contribution in [0.2, 0.25) is 5.02 Å². The van der Waals surface area contributed by atoms with Crippen molar-refractivity contribution in [3.63, 3.8) is 0 Å². The van der Waals surface area contributed by atoms with Gasteiger partial charge in [0.1, 0.15) is 0 Å². The van der Waals surface area contributed by atoms with E-state index in [-0.39, 0.29) is 5.56 Å². The number of benzene rings is 2. The fourth-order valence-electron chi connectivity index (χ4n) is 2.31. The first-order chi connectivity index (χ1) is 9.93. The third-order valence-corrected chi connectivity index (χ3v) is 3.40. The fraction of sp³-hybridized carbons (Fsp3) is 0.250. The van der Waals surface area contributed by atoms with Crippen molar-refractivity contribution in [3.05, 3.63) is 69.5 Å². The second kappa shape index (κ2) is 6.50. The van der Waals surface area contributed by atoms with E-state index in [0.717, 1.165) is 11.6 Å². The van der Waals surface area contributed by atoms with Crippen LogP contribution in [0.25, 0.3) is 0 Å². The first kappa shape index (κ1) is 15.9. The van der Waals surface area contributed by atoms with Crippen molar-refractivity contribution in [2.75, 3.05) is 6.54 Å². The SMILES string of the molecule is CCNC(c1cc(C)cc(Cl)c1)c1ccc(F)c(F)c1F. The van der Waals surface area contributed by atoms with E-state index in [1.54, 1.807) is 12.1 Å². The molecule has 1 atom stereocenters. The van der Waals surface area contributed by atoms with Crippen LogP contribution in [0.4, 0.5) is 13.2 Å². The van der Waals surface area contributed by atoms with E-state index >= 15 is 0 Å². The number of hydrogen-bond acceptors (Lipinski definition) is 1. The third kappa shape index (κ3) is 3.39. The smallest absolute Gasteiger partial charge is 0.194 e. The van der Waals surface area contributed by atoms with Crippen molar-refractivity contribution in [3.8, 4) is 0 Å². The van der Waals surface area contributed by atoms with Gasteiger partial charge in [-0.2, -0.15) is 0 Å². The summed E-state index contributed by atoms with van der Waals surface area (Å²) in [7, 11) is 0. The van der Waals surface area contributed by atoms with Gasteiger partial charge in [-0.3, -0.25) is 0 Å².